The molecule has 254 valence electrons. The van der Waals surface area contributed by atoms with Crippen LogP contribution in [-0.2, 0) is 23.8 Å². The lowest BCUT2D eigenvalue weighted by atomic mass is 9.35. The molecule has 5 rings (SSSR count). The number of aliphatic hydroxyl groups is 1. The van der Waals surface area contributed by atoms with Gasteiger partial charge in [0.1, 0.15) is 6.10 Å². The molecule has 1 unspecified atom stereocenters. The molecule has 5 aliphatic carbocycles. The van der Waals surface area contributed by atoms with E-state index in [0.29, 0.717) is 12.0 Å². The maximum absolute atomic E-state index is 13.8. The summed E-state index contributed by atoms with van der Waals surface area (Å²) in [4.78, 5) is 39.0. The van der Waals surface area contributed by atoms with Crippen molar-refractivity contribution < 1.29 is 33.7 Å². The fraction of sp³-hybridized carbons (Fsp3) is 0.718. The van der Waals surface area contributed by atoms with Crippen molar-refractivity contribution in [1.29, 1.82) is 0 Å². The van der Waals surface area contributed by atoms with E-state index in [0.717, 1.165) is 75.4 Å². The molecule has 3 saturated carbocycles. The van der Waals surface area contributed by atoms with E-state index in [1.165, 1.54) is 5.57 Å². The quantitative estimate of drug-likeness (QED) is 0.219. The first-order chi connectivity index (χ1) is 21.4. The molecular formula is C39H56O7. The van der Waals surface area contributed by atoms with E-state index in [1.807, 2.05) is 20.8 Å². The predicted octanol–water partition coefficient (Wildman–Crippen LogP) is 9.62. The fourth-order valence-corrected chi connectivity index (χ4v) is 10.2. The third-order valence-corrected chi connectivity index (χ3v) is 13.1. The number of ketones is 1. The van der Waals surface area contributed by atoms with E-state index in [2.05, 4.69) is 46.8 Å². The smallest absolute Gasteiger partial charge is 0.504 e. The van der Waals surface area contributed by atoms with Crippen molar-refractivity contribution in [3.05, 3.63) is 46.3 Å². The van der Waals surface area contributed by atoms with Gasteiger partial charge in [-0.05, 0) is 124 Å². The lowest BCUT2D eigenvalue weighted by Crippen LogP contribution is -2.61. The molecule has 5 atom stereocenters. The van der Waals surface area contributed by atoms with E-state index in [4.69, 9.17) is 14.2 Å². The molecule has 0 aromatic carbocycles. The predicted molar refractivity (Wildman–Crippen MR) is 178 cm³/mol. The third-order valence-electron chi connectivity index (χ3n) is 13.1. The van der Waals surface area contributed by atoms with Crippen LogP contribution in [0.15, 0.2) is 46.3 Å². The number of fused-ring (bicyclic) bond motifs is 5. The van der Waals surface area contributed by atoms with Gasteiger partial charge in [0.2, 0.25) is 12.1 Å². The zero-order valence-corrected chi connectivity index (χ0v) is 29.6. The molecule has 1 N–H and O–H groups in total. The van der Waals surface area contributed by atoms with E-state index >= 15 is 0 Å². The van der Waals surface area contributed by atoms with Gasteiger partial charge < -0.3 is 19.3 Å². The highest BCUT2D eigenvalue weighted by Gasteiger charge is 2.66. The van der Waals surface area contributed by atoms with Crippen molar-refractivity contribution in [2.24, 2.45) is 33.0 Å². The average Bonchev–Trinajstić information content (AvgIpc) is 2.98. The number of hydrogen-bond donors (Lipinski definition) is 1. The Morgan fingerprint density at radius 2 is 1.67 bits per heavy atom. The van der Waals surface area contributed by atoms with Crippen LogP contribution in [0, 0.1) is 33.0 Å². The summed E-state index contributed by atoms with van der Waals surface area (Å²) >= 11 is 0. The number of carbonyl (C=O) groups excluding carboxylic acids is 3. The highest BCUT2D eigenvalue weighted by molar-refractivity contribution is 6.06. The largest absolute Gasteiger partial charge is 0.511 e. The van der Waals surface area contributed by atoms with Crippen LogP contribution in [-0.4, -0.2) is 35.4 Å². The Balaban J connectivity index is 1.39. The van der Waals surface area contributed by atoms with Crippen LogP contribution in [0.5, 0.6) is 0 Å². The van der Waals surface area contributed by atoms with Crippen molar-refractivity contribution in [3.63, 3.8) is 0 Å². The summed E-state index contributed by atoms with van der Waals surface area (Å²) in [5.41, 5.74) is 2.62. The van der Waals surface area contributed by atoms with Crippen LogP contribution in [0.3, 0.4) is 0 Å². The number of carbonyl (C=O) groups is 3. The van der Waals surface area contributed by atoms with Crippen molar-refractivity contribution in [2.75, 3.05) is 0 Å². The molecule has 0 heterocycles. The summed E-state index contributed by atoms with van der Waals surface area (Å²) in [6.07, 6.45) is 14.5. The molecule has 0 aromatic rings. The fourth-order valence-electron chi connectivity index (χ4n) is 10.2. The molecule has 5 aliphatic rings. The minimum atomic E-state index is -1.04. The zero-order chi connectivity index (χ0) is 33.9. The standard InChI is InChI=1S/C39H56O7/c1-10-39-21-19-37(8)28-22-29(40)32(41)24(2)27(28)16-17-30(37)38(39,9)20-18-35(4,5)31(39)23-36(6,7)33(42)44-25(3)45-34(43)46-26-14-12-11-13-15-26/h16-17,22,25-26,31,41H,10-15,18-21,23H2,1-9H3/t25?,31-,37+,38-,39+/m1/s1. The topological polar surface area (TPSA) is 99.1 Å². The first-order valence-corrected chi connectivity index (χ1v) is 17.6. The van der Waals surface area contributed by atoms with E-state index in [1.54, 1.807) is 13.0 Å². The van der Waals surface area contributed by atoms with Crippen LogP contribution in [0.2, 0.25) is 0 Å². The molecular weight excluding hydrogens is 580 g/mol. The number of ether oxygens (including phenoxy) is 3. The lowest BCUT2D eigenvalue weighted by molar-refractivity contribution is -0.187. The van der Waals surface area contributed by atoms with Gasteiger partial charge in [0.15, 0.2) is 5.76 Å². The second-order valence-electron chi connectivity index (χ2n) is 16.6. The van der Waals surface area contributed by atoms with Gasteiger partial charge in [-0.2, -0.15) is 0 Å². The Morgan fingerprint density at radius 3 is 2.33 bits per heavy atom. The lowest BCUT2D eigenvalue weighted by Gasteiger charge is -2.69. The zero-order valence-electron chi connectivity index (χ0n) is 29.6. The van der Waals surface area contributed by atoms with E-state index in [9.17, 15) is 19.5 Å². The molecule has 7 nitrogen and oxygen atoms in total. The van der Waals surface area contributed by atoms with Gasteiger partial charge >= 0.3 is 12.1 Å². The van der Waals surface area contributed by atoms with Crippen molar-refractivity contribution >= 4 is 17.9 Å². The molecule has 0 saturated heterocycles. The summed E-state index contributed by atoms with van der Waals surface area (Å²) in [7, 11) is 0. The minimum Gasteiger partial charge on any atom is -0.504 e. The summed E-state index contributed by atoms with van der Waals surface area (Å²) in [5.74, 6) is -0.636. The van der Waals surface area contributed by atoms with Crippen LogP contribution >= 0.6 is 0 Å². The van der Waals surface area contributed by atoms with Crippen molar-refractivity contribution in [2.45, 2.75) is 145 Å². The second-order valence-corrected chi connectivity index (χ2v) is 16.6. The molecule has 0 aliphatic heterocycles. The third kappa shape index (κ3) is 5.57. The Hall–Kier alpha value is -2.83. The summed E-state index contributed by atoms with van der Waals surface area (Å²) < 4.78 is 16.6. The van der Waals surface area contributed by atoms with Gasteiger partial charge in [-0.15, -0.1) is 0 Å². The molecule has 0 amide bonds. The average molecular weight is 637 g/mol. The maximum Gasteiger partial charge on any atom is 0.511 e. The molecule has 46 heavy (non-hydrogen) atoms. The molecule has 0 bridgehead atoms. The first-order valence-electron chi connectivity index (χ1n) is 17.6. The summed E-state index contributed by atoms with van der Waals surface area (Å²) in [5, 5.41) is 10.4. The number of hydrogen-bond acceptors (Lipinski definition) is 7. The Morgan fingerprint density at radius 1 is 1.00 bits per heavy atom. The molecule has 0 aromatic heterocycles. The highest BCUT2D eigenvalue weighted by Crippen LogP contribution is 2.74. The van der Waals surface area contributed by atoms with Gasteiger partial charge in [0.25, 0.3) is 0 Å². The van der Waals surface area contributed by atoms with E-state index < -0.39 is 17.9 Å². The number of esters is 1. The minimum absolute atomic E-state index is 0.0197. The molecule has 7 heteroatoms. The van der Waals surface area contributed by atoms with Crippen LogP contribution in [0.25, 0.3) is 0 Å². The SMILES string of the molecule is CC[C@@]12CC[C@@]3(C)C4=CC(=O)C(O)=C(C)C4=CC=C3[C@@]1(C)CCC(C)(C)[C@H]2CC(C)(C)C(=O)OC(C)OC(=O)OC1CCCCC1. The second kappa shape index (κ2) is 12.0. The normalized spacial score (nSPS) is 33.4. The maximum atomic E-state index is 13.8. The number of allylic oxidation sites excluding steroid dienone is 7. The van der Waals surface area contributed by atoms with Gasteiger partial charge in [0, 0.05) is 17.9 Å². The summed E-state index contributed by atoms with van der Waals surface area (Å²) in [6, 6.07) is 0. The Kier molecular flexibility index (Phi) is 9.00. The van der Waals surface area contributed by atoms with Crippen molar-refractivity contribution in [1.82, 2.24) is 0 Å². The number of aliphatic hydroxyl groups excluding tert-OH is 1. The highest BCUT2D eigenvalue weighted by atomic mass is 16.8. The van der Waals surface area contributed by atoms with Crippen LogP contribution in [0.4, 0.5) is 4.79 Å². The van der Waals surface area contributed by atoms with Crippen molar-refractivity contribution in [3.8, 4) is 0 Å². The van der Waals surface area contributed by atoms with Gasteiger partial charge in [-0.1, -0.05) is 58.8 Å². The molecule has 0 radical (unpaired) electrons. The van der Waals surface area contributed by atoms with Crippen LogP contribution < -0.4 is 0 Å². The van der Waals surface area contributed by atoms with Gasteiger partial charge in [0.05, 0.1) is 5.41 Å². The van der Waals surface area contributed by atoms with E-state index in [-0.39, 0.29) is 51.2 Å². The monoisotopic (exact) mass is 636 g/mol. The summed E-state index contributed by atoms with van der Waals surface area (Å²) in [6.45, 7) is 19.0. The molecule has 0 spiro atoms. The van der Waals surface area contributed by atoms with Gasteiger partial charge in [-0.3, -0.25) is 9.59 Å². The Labute approximate surface area is 275 Å². The number of rotatable bonds is 7. The first kappa shape index (κ1) is 34.5. The molecule has 3 fully saturated rings. The van der Waals surface area contributed by atoms with Gasteiger partial charge in [-0.25, -0.2) is 4.79 Å². The van der Waals surface area contributed by atoms with Crippen LogP contribution in [0.1, 0.15) is 133 Å². The Bertz CT molecular complexity index is 1400.